The van der Waals surface area contributed by atoms with Crippen LogP contribution in [0.25, 0.3) is 0 Å². The number of ether oxygens (including phenoxy) is 1. The Labute approximate surface area is 122 Å². The highest BCUT2D eigenvalue weighted by atomic mass is 31.2. The van der Waals surface area contributed by atoms with Gasteiger partial charge in [0, 0.05) is 19.0 Å². The van der Waals surface area contributed by atoms with E-state index in [2.05, 4.69) is 0 Å². The highest BCUT2D eigenvalue weighted by Gasteiger charge is 2.35. The average molecular weight is 308 g/mol. The first-order valence-electron chi connectivity index (χ1n) is 7.43. The van der Waals surface area contributed by atoms with Gasteiger partial charge in [-0.1, -0.05) is 0 Å². The predicted octanol–water partition coefficient (Wildman–Crippen LogP) is 3.21. The summed E-state index contributed by atoms with van der Waals surface area (Å²) in [6.07, 6.45) is 1.39. The molecule has 0 aromatic heterocycles. The molecule has 5 nitrogen and oxygen atoms in total. The van der Waals surface area contributed by atoms with Crippen molar-refractivity contribution < 1.29 is 23.5 Å². The van der Waals surface area contributed by atoms with Crippen molar-refractivity contribution in [2.45, 2.75) is 71.4 Å². The molecule has 1 fully saturated rings. The first-order chi connectivity index (χ1) is 9.19. The van der Waals surface area contributed by atoms with Gasteiger partial charge in [-0.05, 0) is 40.5 Å². The number of aliphatic hydroxyl groups is 1. The second kappa shape index (κ2) is 7.90. The molecule has 20 heavy (non-hydrogen) atoms. The van der Waals surface area contributed by atoms with Gasteiger partial charge in [-0.3, -0.25) is 4.57 Å². The van der Waals surface area contributed by atoms with Crippen molar-refractivity contribution in [3.8, 4) is 0 Å². The van der Waals surface area contributed by atoms with Crippen LogP contribution in [0.15, 0.2) is 0 Å². The van der Waals surface area contributed by atoms with E-state index in [0.29, 0.717) is 13.0 Å². The highest BCUT2D eigenvalue weighted by molar-refractivity contribution is 7.53. The summed E-state index contributed by atoms with van der Waals surface area (Å²) in [4.78, 5) is 0. The zero-order chi connectivity index (χ0) is 15.3. The molecule has 1 aliphatic carbocycles. The Morgan fingerprint density at radius 2 is 1.85 bits per heavy atom. The Bertz CT molecular complexity index is 332. The van der Waals surface area contributed by atoms with Gasteiger partial charge >= 0.3 is 7.60 Å². The summed E-state index contributed by atoms with van der Waals surface area (Å²) in [6, 6.07) is 0. The van der Waals surface area contributed by atoms with E-state index in [1.165, 1.54) is 6.66 Å². The Kier molecular flexibility index (Phi) is 7.16. The van der Waals surface area contributed by atoms with E-state index < -0.39 is 13.7 Å². The summed E-state index contributed by atoms with van der Waals surface area (Å²) in [5, 5.41) is 9.80. The van der Waals surface area contributed by atoms with Gasteiger partial charge in [-0.25, -0.2) is 0 Å². The van der Waals surface area contributed by atoms with E-state index >= 15 is 0 Å². The van der Waals surface area contributed by atoms with Crippen LogP contribution >= 0.6 is 7.60 Å². The molecule has 0 heterocycles. The molecular weight excluding hydrogens is 279 g/mol. The van der Waals surface area contributed by atoms with Crippen LogP contribution in [0.4, 0.5) is 0 Å². The summed E-state index contributed by atoms with van der Waals surface area (Å²) >= 11 is 0. The molecule has 120 valence electrons. The van der Waals surface area contributed by atoms with Crippen LogP contribution in [-0.2, 0) is 18.3 Å². The van der Waals surface area contributed by atoms with Crippen LogP contribution in [0.3, 0.4) is 0 Å². The third-order valence-corrected chi connectivity index (χ3v) is 4.73. The van der Waals surface area contributed by atoms with Gasteiger partial charge in [0.25, 0.3) is 0 Å². The lowest BCUT2D eigenvalue weighted by Crippen LogP contribution is -2.36. The van der Waals surface area contributed by atoms with Crippen LogP contribution in [0, 0.1) is 5.92 Å². The molecule has 4 unspecified atom stereocenters. The summed E-state index contributed by atoms with van der Waals surface area (Å²) < 4.78 is 29.0. The molecule has 0 spiro atoms. The fourth-order valence-electron chi connectivity index (χ4n) is 2.46. The molecule has 1 saturated carbocycles. The second-order valence-corrected chi connectivity index (χ2v) is 8.14. The van der Waals surface area contributed by atoms with Gasteiger partial charge in [0.2, 0.25) is 0 Å². The van der Waals surface area contributed by atoms with Crippen molar-refractivity contribution in [3.63, 3.8) is 0 Å². The average Bonchev–Trinajstić information content (AvgIpc) is 2.25. The molecule has 1 aliphatic rings. The third-order valence-electron chi connectivity index (χ3n) is 3.27. The maximum absolute atomic E-state index is 12.3. The van der Waals surface area contributed by atoms with E-state index in [9.17, 15) is 9.67 Å². The van der Waals surface area contributed by atoms with Gasteiger partial charge < -0.3 is 18.9 Å². The number of hydrogen-bond donors (Lipinski definition) is 1. The van der Waals surface area contributed by atoms with Gasteiger partial charge in [-0.2, -0.15) is 0 Å². The Morgan fingerprint density at radius 1 is 1.20 bits per heavy atom. The first kappa shape index (κ1) is 18.1. The Hall–Kier alpha value is 0.0700. The van der Waals surface area contributed by atoms with Crippen molar-refractivity contribution in [1.29, 1.82) is 0 Å². The molecule has 4 atom stereocenters. The van der Waals surface area contributed by atoms with E-state index in [1.807, 2.05) is 27.7 Å². The first-order valence-corrected chi connectivity index (χ1v) is 9.42. The van der Waals surface area contributed by atoms with Gasteiger partial charge in [0.1, 0.15) is 0 Å². The molecule has 0 bridgehead atoms. The van der Waals surface area contributed by atoms with E-state index in [1.54, 1.807) is 0 Å². The van der Waals surface area contributed by atoms with E-state index in [4.69, 9.17) is 13.8 Å². The van der Waals surface area contributed by atoms with Gasteiger partial charge in [0.05, 0.1) is 31.0 Å². The monoisotopic (exact) mass is 308 g/mol. The molecule has 0 aromatic rings. The molecule has 0 amide bonds. The molecule has 1 N–H and O–H groups in total. The van der Waals surface area contributed by atoms with Crippen LogP contribution in [0.2, 0.25) is 0 Å². The second-order valence-electron chi connectivity index (χ2n) is 6.18. The fraction of sp³-hybridized carbons (Fsp3) is 1.00. The van der Waals surface area contributed by atoms with Crippen molar-refractivity contribution >= 4 is 7.60 Å². The fourth-order valence-corrected chi connectivity index (χ4v) is 4.03. The van der Waals surface area contributed by atoms with Gasteiger partial charge in [-0.15, -0.1) is 0 Å². The highest BCUT2D eigenvalue weighted by Crippen LogP contribution is 2.49. The summed E-state index contributed by atoms with van der Waals surface area (Å²) in [6.45, 7) is 9.69. The molecule has 0 saturated heterocycles. The lowest BCUT2D eigenvalue weighted by Gasteiger charge is -2.35. The number of aliphatic hydroxyl groups excluding tert-OH is 1. The van der Waals surface area contributed by atoms with E-state index in [0.717, 1.165) is 12.8 Å². The van der Waals surface area contributed by atoms with Crippen LogP contribution in [0.5, 0.6) is 0 Å². The quantitative estimate of drug-likeness (QED) is 0.732. The van der Waals surface area contributed by atoms with Crippen molar-refractivity contribution in [3.05, 3.63) is 0 Å². The molecule has 0 radical (unpaired) electrons. The Morgan fingerprint density at radius 3 is 2.40 bits per heavy atom. The van der Waals surface area contributed by atoms with Crippen LogP contribution in [0.1, 0.15) is 47.0 Å². The maximum atomic E-state index is 12.3. The lowest BCUT2D eigenvalue weighted by molar-refractivity contribution is -0.0405. The predicted molar refractivity (Wildman–Crippen MR) is 79.1 cm³/mol. The topological polar surface area (TPSA) is 65.0 Å². The number of hydrogen-bond acceptors (Lipinski definition) is 5. The minimum absolute atomic E-state index is 0.148. The van der Waals surface area contributed by atoms with Crippen molar-refractivity contribution in [2.75, 3.05) is 13.3 Å². The Balaban J connectivity index is 2.62. The third kappa shape index (κ3) is 6.68. The van der Waals surface area contributed by atoms with Crippen LogP contribution < -0.4 is 0 Å². The zero-order valence-electron chi connectivity index (χ0n) is 13.2. The zero-order valence-corrected chi connectivity index (χ0v) is 14.1. The van der Waals surface area contributed by atoms with Crippen molar-refractivity contribution in [1.82, 2.24) is 0 Å². The minimum Gasteiger partial charge on any atom is -0.393 e. The summed E-state index contributed by atoms with van der Waals surface area (Å²) in [5.74, 6) is 0.157. The largest absolute Gasteiger partial charge is 0.393 e. The molecule has 0 aliphatic heterocycles. The smallest absolute Gasteiger partial charge is 0.328 e. The minimum atomic E-state index is -3.10. The molecule has 0 aromatic carbocycles. The lowest BCUT2D eigenvalue weighted by atomic mass is 9.85. The van der Waals surface area contributed by atoms with Crippen LogP contribution in [-0.4, -0.2) is 42.8 Å². The van der Waals surface area contributed by atoms with Crippen molar-refractivity contribution in [2.24, 2.45) is 5.92 Å². The normalized spacial score (nSPS) is 30.7. The standard InChI is InChI=1S/C14H29O5P/c1-10(2)17-9-12-6-7-13(15)8-14(12)19-20(5,16)18-11(3)4/h10-15H,6-9H2,1-5H3. The van der Waals surface area contributed by atoms with E-state index in [-0.39, 0.29) is 24.2 Å². The van der Waals surface area contributed by atoms with Gasteiger partial charge in [0.15, 0.2) is 0 Å². The molecular formula is C14H29O5P. The SMILES string of the molecule is CC(C)OCC1CCC(O)CC1OP(C)(=O)OC(C)C. The summed E-state index contributed by atoms with van der Waals surface area (Å²) in [5.41, 5.74) is 0. The maximum Gasteiger partial charge on any atom is 0.328 e. The number of rotatable bonds is 7. The molecule has 6 heteroatoms. The molecule has 1 rings (SSSR count). The summed E-state index contributed by atoms with van der Waals surface area (Å²) in [7, 11) is -3.10.